The first kappa shape index (κ1) is 22.2. The predicted octanol–water partition coefficient (Wildman–Crippen LogP) is 3.71. The Morgan fingerprint density at radius 2 is 1.87 bits per heavy atom. The predicted molar refractivity (Wildman–Crippen MR) is 123 cm³/mol. The number of piperidine rings is 1. The van der Waals surface area contributed by atoms with Crippen molar-refractivity contribution in [2.24, 2.45) is 16.9 Å². The maximum Gasteiger partial charge on any atom is 0.247 e. The van der Waals surface area contributed by atoms with Gasteiger partial charge in [0.15, 0.2) is 11.5 Å². The first-order chi connectivity index (χ1) is 14.5. The van der Waals surface area contributed by atoms with Gasteiger partial charge in [-0.2, -0.15) is 5.10 Å². The van der Waals surface area contributed by atoms with Gasteiger partial charge in [0, 0.05) is 23.5 Å². The normalized spacial score (nSPS) is 27.0. The van der Waals surface area contributed by atoms with E-state index in [-0.39, 0.29) is 41.8 Å². The highest BCUT2D eigenvalue weighted by Gasteiger charge is 2.44. The highest BCUT2D eigenvalue weighted by Crippen LogP contribution is 2.46. The lowest BCUT2D eigenvalue weighted by Crippen LogP contribution is -2.51. The van der Waals surface area contributed by atoms with E-state index in [4.69, 9.17) is 14.6 Å². The first-order valence-corrected chi connectivity index (χ1v) is 11.1. The molecule has 1 amide bonds. The van der Waals surface area contributed by atoms with Crippen LogP contribution in [0.5, 0.6) is 11.5 Å². The highest BCUT2D eigenvalue weighted by molar-refractivity contribution is 6.08. The van der Waals surface area contributed by atoms with E-state index in [1.165, 1.54) is 0 Å². The van der Waals surface area contributed by atoms with Crippen LogP contribution in [0.2, 0.25) is 0 Å². The smallest absolute Gasteiger partial charge is 0.247 e. The monoisotopic (exact) mass is 445 g/mol. The number of benzene rings is 1. The van der Waals surface area contributed by atoms with Crippen molar-refractivity contribution in [1.29, 1.82) is 0 Å². The van der Waals surface area contributed by atoms with Gasteiger partial charge in [-0.3, -0.25) is 4.79 Å². The molecule has 1 fully saturated rings. The van der Waals surface area contributed by atoms with E-state index in [0.29, 0.717) is 0 Å². The highest BCUT2D eigenvalue weighted by atomic mass is 35.5. The zero-order chi connectivity index (χ0) is 20.9. The number of carbonyl (C=O) groups is 1. The molecule has 168 valence electrons. The summed E-state index contributed by atoms with van der Waals surface area (Å²) in [6.45, 7) is 6.09. The summed E-state index contributed by atoms with van der Waals surface area (Å²) in [6, 6.07) is 4.28. The van der Waals surface area contributed by atoms with Gasteiger partial charge in [-0.1, -0.05) is 12.2 Å². The third-order valence-electron chi connectivity index (χ3n) is 6.90. The third-order valence-corrected chi connectivity index (χ3v) is 6.90. The van der Waals surface area contributed by atoms with Gasteiger partial charge in [0.2, 0.25) is 5.91 Å². The van der Waals surface area contributed by atoms with Gasteiger partial charge >= 0.3 is 0 Å². The lowest BCUT2D eigenvalue weighted by atomic mass is 9.75. The minimum Gasteiger partial charge on any atom is -0.493 e. The molecule has 0 bridgehead atoms. The molecule has 0 aromatic heterocycles. The van der Waals surface area contributed by atoms with Crippen molar-refractivity contribution in [3.05, 3.63) is 35.4 Å². The van der Waals surface area contributed by atoms with Gasteiger partial charge < -0.3 is 14.8 Å². The van der Waals surface area contributed by atoms with E-state index in [0.717, 1.165) is 73.5 Å². The summed E-state index contributed by atoms with van der Waals surface area (Å²) in [7, 11) is 1.68. The van der Waals surface area contributed by atoms with Crippen LogP contribution in [-0.2, 0) is 11.2 Å². The molecule has 1 saturated heterocycles. The molecule has 1 aromatic rings. The summed E-state index contributed by atoms with van der Waals surface area (Å²) in [5.74, 6) is 1.90. The summed E-state index contributed by atoms with van der Waals surface area (Å²) in [5.41, 5.74) is 3.04. The van der Waals surface area contributed by atoms with Crippen LogP contribution < -0.4 is 14.8 Å². The fraction of sp³-hybridized carbons (Fsp3) is 0.583. The number of rotatable bonds is 3. The Morgan fingerprint density at radius 1 is 1.16 bits per heavy atom. The second-order valence-corrected chi connectivity index (χ2v) is 9.47. The summed E-state index contributed by atoms with van der Waals surface area (Å²) < 4.78 is 11.9. The molecule has 3 heterocycles. The summed E-state index contributed by atoms with van der Waals surface area (Å²) in [5, 5.41) is 10.3. The molecule has 31 heavy (non-hydrogen) atoms. The van der Waals surface area contributed by atoms with Crippen molar-refractivity contribution >= 4 is 24.0 Å². The quantitative estimate of drug-likeness (QED) is 0.720. The number of methoxy groups -OCH3 is 1. The van der Waals surface area contributed by atoms with Crippen molar-refractivity contribution < 1.29 is 14.3 Å². The summed E-state index contributed by atoms with van der Waals surface area (Å²) in [4.78, 5) is 13.4. The lowest BCUT2D eigenvalue weighted by molar-refractivity contribution is -0.141. The zero-order valence-electron chi connectivity index (χ0n) is 18.5. The Bertz CT molecular complexity index is 921. The van der Waals surface area contributed by atoms with Crippen LogP contribution in [0.15, 0.2) is 29.4 Å². The molecule has 2 atom stereocenters. The maximum atomic E-state index is 13.4. The van der Waals surface area contributed by atoms with Crippen LogP contribution >= 0.6 is 12.4 Å². The van der Waals surface area contributed by atoms with Crippen LogP contribution in [0.25, 0.3) is 0 Å². The Labute approximate surface area is 190 Å². The number of nitrogens with one attached hydrogen (secondary N) is 1. The second-order valence-electron chi connectivity index (χ2n) is 9.47. The fourth-order valence-corrected chi connectivity index (χ4v) is 5.40. The number of nitrogens with zero attached hydrogens (tertiary/aromatic N) is 2. The molecule has 3 aliphatic heterocycles. The number of ether oxygens (including phenoxy) is 2. The number of fused-ring (bicyclic) bond motifs is 2. The second kappa shape index (κ2) is 8.47. The number of hydrogen-bond acceptors (Lipinski definition) is 5. The van der Waals surface area contributed by atoms with E-state index in [9.17, 15) is 4.79 Å². The summed E-state index contributed by atoms with van der Waals surface area (Å²) >= 11 is 0. The molecular formula is C24H32ClN3O3. The van der Waals surface area contributed by atoms with Gasteiger partial charge in [-0.25, -0.2) is 5.01 Å². The van der Waals surface area contributed by atoms with Gasteiger partial charge in [-0.15, -0.1) is 12.4 Å². The van der Waals surface area contributed by atoms with Crippen molar-refractivity contribution in [3.8, 4) is 11.5 Å². The third kappa shape index (κ3) is 3.85. The number of allylic oxidation sites excluding steroid dienone is 2. The van der Waals surface area contributed by atoms with Crippen LogP contribution in [0.4, 0.5) is 0 Å². The maximum absolute atomic E-state index is 13.4. The molecule has 1 aromatic carbocycles. The van der Waals surface area contributed by atoms with E-state index < -0.39 is 0 Å². The molecule has 0 saturated carbocycles. The Morgan fingerprint density at radius 3 is 2.58 bits per heavy atom. The van der Waals surface area contributed by atoms with E-state index in [1.807, 2.05) is 11.1 Å². The first-order valence-electron chi connectivity index (χ1n) is 11.1. The van der Waals surface area contributed by atoms with Gasteiger partial charge in [0.1, 0.15) is 5.60 Å². The molecule has 2 unspecified atom stereocenters. The molecule has 7 heteroatoms. The molecule has 6 nitrogen and oxygen atoms in total. The standard InChI is InChI=1S/C24H31N3O3.ClH/c1-24(2)14-19-17(8-9-20(29-3)22(19)30-24)21-16-6-4-5-7-18(16)23(28)27(26-21)15-10-12-25-13-11-15;/h4-5,8-9,15-16,18,25H,6-7,10-14H2,1-3H3;1H. The number of hydrazone groups is 1. The topological polar surface area (TPSA) is 63.2 Å². The molecule has 1 aliphatic carbocycles. The van der Waals surface area contributed by atoms with Crippen LogP contribution in [0.3, 0.4) is 0 Å². The average molecular weight is 446 g/mol. The Balaban J connectivity index is 0.00000231. The minimum absolute atomic E-state index is 0. The van der Waals surface area contributed by atoms with Crippen LogP contribution in [0.1, 0.15) is 50.7 Å². The molecule has 0 radical (unpaired) electrons. The Kier molecular flexibility index (Phi) is 6.05. The van der Waals surface area contributed by atoms with Crippen molar-refractivity contribution in [2.75, 3.05) is 20.2 Å². The van der Waals surface area contributed by atoms with E-state index in [1.54, 1.807) is 7.11 Å². The molecule has 4 aliphatic rings. The molecule has 0 spiro atoms. The fourth-order valence-electron chi connectivity index (χ4n) is 5.40. The molecule has 5 rings (SSSR count). The van der Waals surface area contributed by atoms with Crippen molar-refractivity contribution in [2.45, 2.75) is 57.6 Å². The minimum atomic E-state index is -0.280. The van der Waals surface area contributed by atoms with Crippen LogP contribution in [0, 0.1) is 11.8 Å². The van der Waals surface area contributed by atoms with E-state index in [2.05, 4.69) is 37.4 Å². The Hall–Kier alpha value is -2.05. The van der Waals surface area contributed by atoms with E-state index >= 15 is 0 Å². The van der Waals surface area contributed by atoms with Gasteiger partial charge in [-0.05, 0) is 64.8 Å². The lowest BCUT2D eigenvalue weighted by Gasteiger charge is -2.41. The summed E-state index contributed by atoms with van der Waals surface area (Å²) in [6.07, 6.45) is 8.73. The largest absolute Gasteiger partial charge is 0.493 e. The van der Waals surface area contributed by atoms with Crippen molar-refractivity contribution in [3.63, 3.8) is 0 Å². The molecule has 1 N–H and O–H groups in total. The van der Waals surface area contributed by atoms with Gasteiger partial charge in [0.25, 0.3) is 0 Å². The molecular weight excluding hydrogens is 414 g/mol. The SMILES string of the molecule is COc1ccc(C2=NN(C3CCNCC3)C(=O)C3CC=CCC23)c2c1OC(C)(C)C2.Cl. The number of amides is 1. The number of hydrogen-bond donors (Lipinski definition) is 1. The number of carbonyl (C=O) groups excluding carboxylic acids is 1. The number of halogens is 1. The van der Waals surface area contributed by atoms with Crippen molar-refractivity contribution in [1.82, 2.24) is 10.3 Å². The van der Waals surface area contributed by atoms with Gasteiger partial charge in [0.05, 0.1) is 24.8 Å². The van der Waals surface area contributed by atoms with Crippen LogP contribution in [-0.4, -0.2) is 48.5 Å². The average Bonchev–Trinajstić information content (AvgIpc) is 3.09. The zero-order valence-corrected chi connectivity index (χ0v) is 19.3.